The first-order valence-corrected chi connectivity index (χ1v) is 11.4. The van der Waals surface area contributed by atoms with Gasteiger partial charge in [-0.05, 0) is 35.1 Å². The van der Waals surface area contributed by atoms with E-state index in [4.69, 9.17) is 20.3 Å². The third-order valence-corrected chi connectivity index (χ3v) is 5.68. The van der Waals surface area contributed by atoms with E-state index in [2.05, 4.69) is 0 Å². The number of benzene rings is 2. The number of rotatable bonds is 8. The van der Waals surface area contributed by atoms with Crippen molar-refractivity contribution in [2.24, 2.45) is 5.73 Å². The molecular formula is C21H27N2O5P. The maximum atomic E-state index is 13.0. The molecule has 1 aliphatic heterocycles. The minimum Gasteiger partial charge on any atom is -0.368 e. The summed E-state index contributed by atoms with van der Waals surface area (Å²) in [5, 5.41) is 0. The van der Waals surface area contributed by atoms with Crippen molar-refractivity contribution in [1.82, 2.24) is 4.90 Å². The molecule has 0 saturated carbocycles. The second kappa shape index (κ2) is 9.65. The van der Waals surface area contributed by atoms with E-state index in [0.717, 1.165) is 29.5 Å². The van der Waals surface area contributed by atoms with Gasteiger partial charge in [-0.25, -0.2) is 0 Å². The van der Waals surface area contributed by atoms with Gasteiger partial charge in [-0.1, -0.05) is 48.5 Å². The van der Waals surface area contributed by atoms with Crippen LogP contribution in [0.4, 0.5) is 0 Å². The van der Waals surface area contributed by atoms with Crippen LogP contribution in [0.25, 0.3) is 0 Å². The highest BCUT2D eigenvalue weighted by atomic mass is 31.2. The van der Waals surface area contributed by atoms with E-state index < -0.39 is 13.7 Å². The monoisotopic (exact) mass is 418 g/mol. The highest BCUT2D eigenvalue weighted by Gasteiger charge is 2.28. The Balaban J connectivity index is 1.77. The number of amides is 1. The van der Waals surface area contributed by atoms with E-state index in [1.165, 1.54) is 0 Å². The molecule has 1 unspecified atom stereocenters. The summed E-state index contributed by atoms with van der Waals surface area (Å²) >= 11 is 0. The van der Waals surface area contributed by atoms with Crippen LogP contribution in [0.15, 0.2) is 48.5 Å². The van der Waals surface area contributed by atoms with Crippen LogP contribution in [0.2, 0.25) is 0 Å². The van der Waals surface area contributed by atoms with Crippen LogP contribution in [0.5, 0.6) is 0 Å². The minimum atomic E-state index is -4.11. The molecule has 1 fully saturated rings. The molecule has 4 N–H and O–H groups in total. The molecule has 2 aromatic rings. The Morgan fingerprint density at radius 2 is 1.72 bits per heavy atom. The van der Waals surface area contributed by atoms with Crippen molar-refractivity contribution >= 4 is 13.5 Å². The first-order chi connectivity index (χ1) is 13.8. The average molecular weight is 418 g/mol. The number of hydrogen-bond acceptors (Lipinski definition) is 4. The third kappa shape index (κ3) is 6.49. The smallest absolute Gasteiger partial charge is 0.329 e. The zero-order valence-corrected chi connectivity index (χ0v) is 17.1. The van der Waals surface area contributed by atoms with Crippen LogP contribution in [-0.2, 0) is 39.9 Å². The Morgan fingerprint density at radius 3 is 2.34 bits per heavy atom. The Bertz CT molecular complexity index is 875. The molecule has 0 spiro atoms. The van der Waals surface area contributed by atoms with Gasteiger partial charge in [-0.2, -0.15) is 0 Å². The Hall–Kier alpha value is -2.02. The molecule has 3 rings (SSSR count). The van der Waals surface area contributed by atoms with Crippen molar-refractivity contribution in [3.63, 3.8) is 0 Å². The highest BCUT2D eigenvalue weighted by molar-refractivity contribution is 7.50. The van der Waals surface area contributed by atoms with Crippen LogP contribution in [0.3, 0.4) is 0 Å². The van der Waals surface area contributed by atoms with Crippen molar-refractivity contribution in [2.45, 2.75) is 44.7 Å². The molecule has 29 heavy (non-hydrogen) atoms. The van der Waals surface area contributed by atoms with Crippen molar-refractivity contribution in [3.8, 4) is 0 Å². The number of carbonyl (C=O) groups is 1. The second-order valence-corrected chi connectivity index (χ2v) is 9.00. The summed E-state index contributed by atoms with van der Waals surface area (Å²) in [7, 11) is -4.11. The van der Waals surface area contributed by atoms with Gasteiger partial charge < -0.3 is 25.2 Å². The fourth-order valence-electron chi connectivity index (χ4n) is 3.47. The van der Waals surface area contributed by atoms with Gasteiger partial charge in [0.2, 0.25) is 0 Å². The lowest BCUT2D eigenvalue weighted by Gasteiger charge is -2.26. The topological polar surface area (TPSA) is 113 Å². The van der Waals surface area contributed by atoms with Crippen LogP contribution >= 0.6 is 7.60 Å². The van der Waals surface area contributed by atoms with E-state index in [-0.39, 0.29) is 12.1 Å². The average Bonchev–Trinajstić information content (AvgIpc) is 3.22. The molecule has 1 amide bonds. The minimum absolute atomic E-state index is 0.0417. The van der Waals surface area contributed by atoms with E-state index in [1.54, 1.807) is 29.2 Å². The Morgan fingerprint density at radius 1 is 1.07 bits per heavy atom. The van der Waals surface area contributed by atoms with Gasteiger partial charge in [-0.15, -0.1) is 0 Å². The number of carbonyl (C=O) groups excluding carboxylic acids is 1. The van der Waals surface area contributed by atoms with Gasteiger partial charge >= 0.3 is 7.60 Å². The van der Waals surface area contributed by atoms with Gasteiger partial charge in [-0.3, -0.25) is 9.36 Å². The molecule has 8 heteroatoms. The number of nitrogens with zero attached hydrogens (tertiary/aromatic N) is 1. The second-order valence-electron chi connectivity index (χ2n) is 7.36. The lowest BCUT2D eigenvalue weighted by molar-refractivity contribution is -0.142. The van der Waals surface area contributed by atoms with Gasteiger partial charge in [0, 0.05) is 26.2 Å². The fourth-order valence-corrected chi connectivity index (χ4v) is 4.16. The van der Waals surface area contributed by atoms with Crippen molar-refractivity contribution in [1.29, 1.82) is 0 Å². The van der Waals surface area contributed by atoms with E-state index in [1.807, 2.05) is 24.3 Å². The number of hydrogen-bond donors (Lipinski definition) is 3. The Kier molecular flexibility index (Phi) is 7.22. The van der Waals surface area contributed by atoms with Crippen molar-refractivity contribution in [3.05, 3.63) is 70.8 Å². The first kappa shape index (κ1) is 21.7. The molecule has 1 aliphatic rings. The maximum absolute atomic E-state index is 13.0. The molecule has 0 aromatic heterocycles. The zero-order chi connectivity index (χ0) is 20.9. The molecule has 156 valence electrons. The van der Waals surface area contributed by atoms with E-state index in [0.29, 0.717) is 31.8 Å². The normalized spacial score (nSPS) is 16.7. The molecule has 0 aliphatic carbocycles. The Labute approximate surface area is 170 Å². The lowest BCUT2D eigenvalue weighted by atomic mass is 10.1. The van der Waals surface area contributed by atoms with Gasteiger partial charge in [0.05, 0.1) is 6.16 Å². The summed E-state index contributed by atoms with van der Waals surface area (Å²) < 4.78 is 16.8. The van der Waals surface area contributed by atoms with Crippen LogP contribution in [0, 0.1) is 0 Å². The van der Waals surface area contributed by atoms with Crippen LogP contribution in [-0.4, -0.2) is 33.3 Å². The molecular weight excluding hydrogens is 391 g/mol. The number of nitrogens with two attached hydrogens (primary N) is 1. The molecule has 1 atom stereocenters. The zero-order valence-electron chi connectivity index (χ0n) is 16.2. The predicted molar refractivity (Wildman–Crippen MR) is 110 cm³/mol. The maximum Gasteiger partial charge on any atom is 0.329 e. The quantitative estimate of drug-likeness (QED) is 0.568. The summed E-state index contributed by atoms with van der Waals surface area (Å²) in [6.07, 6.45) is 0.891. The van der Waals surface area contributed by atoms with E-state index >= 15 is 0 Å². The lowest BCUT2D eigenvalue weighted by Crippen LogP contribution is -2.38. The van der Waals surface area contributed by atoms with Crippen molar-refractivity contribution in [2.75, 3.05) is 6.61 Å². The van der Waals surface area contributed by atoms with Gasteiger partial charge in [0.1, 0.15) is 6.10 Å². The summed E-state index contributed by atoms with van der Waals surface area (Å²) in [6.45, 7) is 1.87. The summed E-state index contributed by atoms with van der Waals surface area (Å²) in [5.74, 6) is -0.0417. The van der Waals surface area contributed by atoms with Crippen LogP contribution in [0.1, 0.15) is 35.1 Å². The van der Waals surface area contributed by atoms with Crippen molar-refractivity contribution < 1.29 is 23.9 Å². The summed E-state index contributed by atoms with van der Waals surface area (Å²) in [4.78, 5) is 33.0. The summed E-state index contributed by atoms with van der Waals surface area (Å²) in [6, 6.07) is 14.8. The standard InChI is InChI=1S/C21H27N2O5P/c22-12-18-3-1-4-19(11-18)14-23(21(24)20-5-2-10-28-20)13-16-6-8-17(9-7-16)15-29(25,26)27/h1,3-4,6-9,11,20H,2,5,10,12-15,22H2,(H2,25,26,27). The molecule has 1 heterocycles. The fraction of sp³-hybridized carbons (Fsp3) is 0.381. The highest BCUT2D eigenvalue weighted by Crippen LogP contribution is 2.39. The molecule has 7 nitrogen and oxygen atoms in total. The van der Waals surface area contributed by atoms with Gasteiger partial charge in [0.25, 0.3) is 5.91 Å². The van der Waals surface area contributed by atoms with E-state index in [9.17, 15) is 9.36 Å². The third-order valence-electron chi connectivity index (χ3n) is 4.90. The predicted octanol–water partition coefficient (Wildman–Crippen LogP) is 2.53. The molecule has 0 bridgehead atoms. The van der Waals surface area contributed by atoms with Crippen LogP contribution < -0.4 is 5.73 Å². The van der Waals surface area contributed by atoms with Gasteiger partial charge in [0.15, 0.2) is 0 Å². The summed E-state index contributed by atoms with van der Waals surface area (Å²) in [5.41, 5.74) is 9.19. The molecule has 1 saturated heterocycles. The molecule has 0 radical (unpaired) electrons. The number of ether oxygens (including phenoxy) is 1. The first-order valence-electron chi connectivity index (χ1n) is 9.65. The largest absolute Gasteiger partial charge is 0.368 e. The molecule has 2 aromatic carbocycles. The SMILES string of the molecule is NCc1cccc(CN(Cc2ccc(CP(=O)(O)O)cc2)C(=O)C2CCCO2)c1.